The van der Waals surface area contributed by atoms with Gasteiger partial charge in [0.1, 0.15) is 23.7 Å². The lowest BCUT2D eigenvalue weighted by Gasteiger charge is -2.49. The van der Waals surface area contributed by atoms with E-state index in [1.807, 2.05) is 0 Å². The van der Waals surface area contributed by atoms with E-state index in [1.165, 1.54) is 35.6 Å². The van der Waals surface area contributed by atoms with Gasteiger partial charge in [0.2, 0.25) is 12.8 Å². The van der Waals surface area contributed by atoms with Crippen LogP contribution in [0.2, 0.25) is 0 Å². The molecule has 2 aliphatic heterocycles. The molecule has 0 saturated carbocycles. The van der Waals surface area contributed by atoms with Crippen molar-refractivity contribution >= 4 is 47.5 Å². The van der Waals surface area contributed by atoms with Crippen molar-refractivity contribution in [1.29, 1.82) is 0 Å². The fraction of sp³-hybridized carbons (Fsp3) is 0.520. The normalized spacial score (nSPS) is 19.3. The number of hydrogen-bond donors (Lipinski definition) is 1. The summed E-state index contributed by atoms with van der Waals surface area (Å²) in [5.74, 6) is -4.13. The number of ether oxygens (including phenoxy) is 4. The second-order valence-electron chi connectivity index (χ2n) is 9.64. The molecule has 2 amide bonds. The summed E-state index contributed by atoms with van der Waals surface area (Å²) in [6.45, 7) is 6.83. The van der Waals surface area contributed by atoms with Crippen LogP contribution in [0.1, 0.15) is 40.7 Å². The maximum atomic E-state index is 13.2. The number of nitrogens with one attached hydrogen (secondary N) is 1. The molecule has 1 N–H and O–H groups in total. The van der Waals surface area contributed by atoms with Crippen LogP contribution in [0.25, 0.3) is 0 Å². The van der Waals surface area contributed by atoms with Gasteiger partial charge in [0, 0.05) is 30.6 Å². The Balaban J connectivity index is 1.77. The molecule has 0 radical (unpaired) electrons. The minimum absolute atomic E-state index is 0.0605. The van der Waals surface area contributed by atoms with E-state index in [2.05, 4.69) is 5.32 Å². The molecule has 0 bridgehead atoms. The monoisotopic (exact) mass is 565 g/mol. The average Bonchev–Trinajstić information content (AvgIpc) is 3.39. The third-order valence-electron chi connectivity index (χ3n) is 5.66. The highest BCUT2D eigenvalue weighted by molar-refractivity contribution is 8.00. The zero-order chi connectivity index (χ0) is 28.9. The Kier molecular flexibility index (Phi) is 9.43. The maximum absolute atomic E-state index is 13.2. The Hall–Kier alpha value is -3.81. The standard InChI is InChI=1S/C25H31N3O10S/c1-6-35-23(33)18(27-9-7-8-10-27)19(30)26-16-20(31)28-17(15(11-36-14(2)29)12-39-21(16)28)22(32)37-13-38-24(34)25(3,4)5/h7-10,16,18,21H,6,11-13H2,1-5H3,(H,26,30). The number of aromatic nitrogens is 1. The fourth-order valence-corrected chi connectivity index (χ4v) is 5.06. The Morgan fingerprint density at radius 3 is 2.33 bits per heavy atom. The molecule has 0 aliphatic carbocycles. The third-order valence-corrected chi connectivity index (χ3v) is 7.00. The van der Waals surface area contributed by atoms with Crippen LogP contribution in [0.4, 0.5) is 0 Å². The van der Waals surface area contributed by atoms with Crippen LogP contribution in [0, 0.1) is 5.41 Å². The van der Waals surface area contributed by atoms with Gasteiger partial charge in [-0.3, -0.25) is 24.1 Å². The predicted octanol–water partition coefficient (Wildman–Crippen LogP) is 0.899. The van der Waals surface area contributed by atoms with Crippen molar-refractivity contribution in [1.82, 2.24) is 14.8 Å². The van der Waals surface area contributed by atoms with E-state index in [9.17, 15) is 28.8 Å². The third kappa shape index (κ3) is 6.80. The molecule has 1 aromatic rings. The van der Waals surface area contributed by atoms with Gasteiger partial charge in [-0.1, -0.05) is 0 Å². The molecule has 212 valence electrons. The van der Waals surface area contributed by atoms with Crippen molar-refractivity contribution in [2.24, 2.45) is 5.41 Å². The van der Waals surface area contributed by atoms with Gasteiger partial charge in [-0.05, 0) is 39.8 Å². The van der Waals surface area contributed by atoms with Gasteiger partial charge in [-0.2, -0.15) is 0 Å². The van der Waals surface area contributed by atoms with Crippen LogP contribution in [0.3, 0.4) is 0 Å². The Morgan fingerprint density at radius 2 is 1.74 bits per heavy atom. The number of thioether (sulfide) groups is 1. The molecule has 0 aromatic carbocycles. The summed E-state index contributed by atoms with van der Waals surface area (Å²) in [4.78, 5) is 76.3. The molecule has 1 fully saturated rings. The summed E-state index contributed by atoms with van der Waals surface area (Å²) in [6.07, 6.45) is 3.05. The van der Waals surface area contributed by atoms with E-state index in [1.54, 1.807) is 39.8 Å². The van der Waals surface area contributed by atoms with E-state index < -0.39 is 65.4 Å². The van der Waals surface area contributed by atoms with Crippen molar-refractivity contribution in [3.63, 3.8) is 0 Å². The summed E-state index contributed by atoms with van der Waals surface area (Å²) >= 11 is 1.23. The van der Waals surface area contributed by atoms with Gasteiger partial charge >= 0.3 is 23.9 Å². The first-order valence-corrected chi connectivity index (χ1v) is 13.2. The zero-order valence-corrected chi connectivity index (χ0v) is 23.1. The van der Waals surface area contributed by atoms with Crippen molar-refractivity contribution in [3.05, 3.63) is 35.8 Å². The average molecular weight is 566 g/mol. The Labute approximate surface area is 229 Å². The van der Waals surface area contributed by atoms with E-state index in [0.29, 0.717) is 5.57 Å². The first-order valence-electron chi connectivity index (χ1n) is 12.1. The van der Waals surface area contributed by atoms with Crippen molar-refractivity contribution in [2.75, 3.05) is 25.8 Å². The quantitative estimate of drug-likeness (QED) is 0.141. The van der Waals surface area contributed by atoms with Crippen molar-refractivity contribution in [3.8, 4) is 0 Å². The highest BCUT2D eigenvalue weighted by Gasteiger charge is 2.55. The largest absolute Gasteiger partial charge is 0.464 e. The molecule has 2 aliphatic rings. The molecule has 13 nitrogen and oxygen atoms in total. The molecule has 14 heteroatoms. The molecule has 0 spiro atoms. The molecule has 3 heterocycles. The van der Waals surface area contributed by atoms with Crippen LogP contribution >= 0.6 is 11.8 Å². The Morgan fingerprint density at radius 1 is 1.08 bits per heavy atom. The maximum Gasteiger partial charge on any atom is 0.358 e. The number of amides is 2. The molecule has 3 atom stereocenters. The number of rotatable bonds is 10. The van der Waals surface area contributed by atoms with Crippen LogP contribution in [-0.4, -0.2) is 82.3 Å². The van der Waals surface area contributed by atoms with Gasteiger partial charge in [0.15, 0.2) is 0 Å². The number of carbonyl (C=O) groups is 6. The van der Waals surface area contributed by atoms with E-state index in [-0.39, 0.29) is 24.7 Å². The second kappa shape index (κ2) is 12.4. The summed E-state index contributed by atoms with van der Waals surface area (Å²) in [5, 5.41) is 1.89. The Bertz CT molecular complexity index is 1170. The van der Waals surface area contributed by atoms with Gasteiger partial charge < -0.3 is 28.8 Å². The summed E-state index contributed by atoms with van der Waals surface area (Å²) < 4.78 is 21.5. The fourth-order valence-electron chi connectivity index (χ4n) is 3.73. The summed E-state index contributed by atoms with van der Waals surface area (Å²) in [5.41, 5.74) is -0.664. The predicted molar refractivity (Wildman–Crippen MR) is 135 cm³/mol. The first-order chi connectivity index (χ1) is 18.4. The van der Waals surface area contributed by atoms with Crippen molar-refractivity contribution < 1.29 is 47.7 Å². The number of fused-ring (bicyclic) bond motifs is 1. The molecule has 1 aromatic heterocycles. The SMILES string of the molecule is CCOC(=O)C(C(=O)NC1C(=O)N2C(C(=O)OCOC(=O)C(C)(C)C)=C(COC(C)=O)CSC12)n1cccc1. The van der Waals surface area contributed by atoms with Crippen LogP contribution < -0.4 is 5.32 Å². The second-order valence-corrected chi connectivity index (χ2v) is 10.7. The van der Waals surface area contributed by atoms with Gasteiger partial charge in [0.05, 0.1) is 12.0 Å². The van der Waals surface area contributed by atoms with Crippen LogP contribution in [-0.2, 0) is 47.7 Å². The topological polar surface area (TPSA) is 160 Å². The van der Waals surface area contributed by atoms with E-state index >= 15 is 0 Å². The number of β-lactam (4-membered cyclic amide) rings is 1. The number of carbonyl (C=O) groups excluding carboxylic acids is 6. The summed E-state index contributed by atoms with van der Waals surface area (Å²) in [6, 6.07) is 0.872. The lowest BCUT2D eigenvalue weighted by atomic mass is 9.98. The molecule has 3 rings (SSSR count). The van der Waals surface area contributed by atoms with Gasteiger partial charge in [-0.25, -0.2) is 9.59 Å². The van der Waals surface area contributed by atoms with Gasteiger partial charge in [0.25, 0.3) is 11.8 Å². The molecule has 1 saturated heterocycles. The minimum Gasteiger partial charge on any atom is -0.464 e. The van der Waals surface area contributed by atoms with E-state index in [4.69, 9.17) is 18.9 Å². The molecular formula is C25H31N3O10S. The highest BCUT2D eigenvalue weighted by atomic mass is 32.2. The number of nitrogens with zero attached hydrogens (tertiary/aromatic N) is 2. The van der Waals surface area contributed by atoms with Gasteiger partial charge in [-0.15, -0.1) is 11.8 Å². The smallest absolute Gasteiger partial charge is 0.358 e. The van der Waals surface area contributed by atoms with E-state index in [0.717, 1.165) is 4.90 Å². The summed E-state index contributed by atoms with van der Waals surface area (Å²) in [7, 11) is 0. The van der Waals surface area contributed by atoms with Crippen LogP contribution in [0.15, 0.2) is 35.8 Å². The highest BCUT2D eigenvalue weighted by Crippen LogP contribution is 2.41. The number of esters is 4. The van der Waals surface area contributed by atoms with Crippen LogP contribution in [0.5, 0.6) is 0 Å². The van der Waals surface area contributed by atoms with Crippen molar-refractivity contribution in [2.45, 2.75) is 52.1 Å². The number of hydrogen-bond acceptors (Lipinski definition) is 11. The first kappa shape index (κ1) is 29.7. The lowest BCUT2D eigenvalue weighted by Crippen LogP contribution is -2.71. The molecule has 3 unspecified atom stereocenters. The molecule has 39 heavy (non-hydrogen) atoms. The lowest BCUT2D eigenvalue weighted by molar-refractivity contribution is -0.173. The zero-order valence-electron chi connectivity index (χ0n) is 22.3. The minimum atomic E-state index is -1.35. The molecular weight excluding hydrogens is 534 g/mol.